The van der Waals surface area contributed by atoms with Crippen LogP contribution in [-0.2, 0) is 13.1 Å². The Hall–Kier alpha value is -1.88. The molecule has 0 saturated heterocycles. The lowest BCUT2D eigenvalue weighted by Gasteiger charge is -2.19. The molecular formula is C16H22FN3O. The quantitative estimate of drug-likeness (QED) is 0.850. The highest BCUT2D eigenvalue weighted by atomic mass is 19.1. The average molecular weight is 291 g/mol. The Morgan fingerprint density at radius 1 is 1.38 bits per heavy atom. The number of nitrogens with zero attached hydrogens (tertiary/aromatic N) is 2. The molecule has 0 fully saturated rings. The topological polar surface area (TPSA) is 41.3 Å². The molecule has 0 radical (unpaired) electrons. The summed E-state index contributed by atoms with van der Waals surface area (Å²) in [6, 6.07) is 5.40. The van der Waals surface area contributed by atoms with Gasteiger partial charge in [-0.3, -0.25) is 0 Å². The first-order valence-corrected chi connectivity index (χ1v) is 7.15. The van der Waals surface area contributed by atoms with Gasteiger partial charge in [-0.25, -0.2) is 9.37 Å². The van der Waals surface area contributed by atoms with Crippen molar-refractivity contribution in [3.63, 3.8) is 0 Å². The lowest BCUT2D eigenvalue weighted by molar-refractivity contribution is 0.502. The van der Waals surface area contributed by atoms with Crippen LogP contribution >= 0.6 is 0 Å². The van der Waals surface area contributed by atoms with E-state index in [0.29, 0.717) is 30.4 Å². The van der Waals surface area contributed by atoms with Gasteiger partial charge in [0.15, 0.2) is 11.6 Å². The van der Waals surface area contributed by atoms with Gasteiger partial charge in [-0.2, -0.15) is 0 Å². The number of aromatic nitrogens is 1. The number of furan rings is 1. The molecule has 1 N–H and O–H groups in total. The van der Waals surface area contributed by atoms with Crippen molar-refractivity contribution in [2.24, 2.45) is 5.92 Å². The summed E-state index contributed by atoms with van der Waals surface area (Å²) in [6.07, 6.45) is 3.25. The highest BCUT2D eigenvalue weighted by Gasteiger charge is 2.14. The standard InChI is InChI=1S/C16H22FN3O/c1-12(2)9-18-10-13-6-7-19-16(15(13)17)20(3)11-14-5-4-8-21-14/h4-8,12,18H,9-11H2,1-3H3. The molecule has 0 atom stereocenters. The molecule has 2 rings (SSSR count). The van der Waals surface area contributed by atoms with Crippen LogP contribution in [0.3, 0.4) is 0 Å². The Balaban J connectivity index is 2.05. The second-order valence-corrected chi connectivity index (χ2v) is 5.57. The molecule has 0 unspecified atom stereocenters. The fourth-order valence-electron chi connectivity index (χ4n) is 2.08. The minimum Gasteiger partial charge on any atom is -0.467 e. The molecule has 0 spiro atoms. The Morgan fingerprint density at radius 2 is 2.19 bits per heavy atom. The highest BCUT2D eigenvalue weighted by molar-refractivity contribution is 5.42. The second-order valence-electron chi connectivity index (χ2n) is 5.57. The summed E-state index contributed by atoms with van der Waals surface area (Å²) >= 11 is 0. The van der Waals surface area contributed by atoms with Crippen LogP contribution in [0.5, 0.6) is 0 Å². The summed E-state index contributed by atoms with van der Waals surface area (Å²) < 4.78 is 19.8. The SMILES string of the molecule is CC(C)CNCc1ccnc(N(C)Cc2ccco2)c1F. The van der Waals surface area contributed by atoms with E-state index in [1.165, 1.54) is 0 Å². The molecule has 0 aliphatic heterocycles. The Bertz CT molecular complexity index is 555. The summed E-state index contributed by atoms with van der Waals surface area (Å²) in [7, 11) is 1.80. The van der Waals surface area contributed by atoms with Crippen LogP contribution in [-0.4, -0.2) is 18.6 Å². The summed E-state index contributed by atoms with van der Waals surface area (Å²) in [5.41, 5.74) is 0.631. The number of nitrogens with one attached hydrogen (secondary N) is 1. The Morgan fingerprint density at radius 3 is 2.86 bits per heavy atom. The molecule has 0 aliphatic carbocycles. The van der Waals surface area contributed by atoms with Gasteiger partial charge < -0.3 is 14.6 Å². The van der Waals surface area contributed by atoms with Crippen LogP contribution in [0, 0.1) is 11.7 Å². The zero-order valence-electron chi connectivity index (χ0n) is 12.8. The van der Waals surface area contributed by atoms with Crippen LogP contribution in [0.25, 0.3) is 0 Å². The first kappa shape index (κ1) is 15.5. The Labute approximate surface area is 125 Å². The molecule has 0 aliphatic rings. The molecule has 0 bridgehead atoms. The predicted molar refractivity (Wildman–Crippen MR) is 81.6 cm³/mol. The van der Waals surface area contributed by atoms with Crippen molar-refractivity contribution in [3.8, 4) is 0 Å². The molecule has 2 aromatic heterocycles. The van der Waals surface area contributed by atoms with Gasteiger partial charge in [0.05, 0.1) is 12.8 Å². The summed E-state index contributed by atoms with van der Waals surface area (Å²) in [6.45, 7) is 6.10. The molecule has 5 heteroatoms. The highest BCUT2D eigenvalue weighted by Crippen LogP contribution is 2.20. The van der Waals surface area contributed by atoms with Gasteiger partial charge in [0.1, 0.15) is 5.76 Å². The number of anilines is 1. The largest absolute Gasteiger partial charge is 0.467 e. The van der Waals surface area contributed by atoms with Gasteiger partial charge in [-0.05, 0) is 30.7 Å². The van der Waals surface area contributed by atoms with Gasteiger partial charge in [0, 0.05) is 25.4 Å². The second kappa shape index (κ2) is 7.22. The number of pyridine rings is 1. The van der Waals surface area contributed by atoms with Crippen molar-refractivity contribution in [3.05, 3.63) is 47.8 Å². The van der Waals surface area contributed by atoms with Crippen molar-refractivity contribution in [1.29, 1.82) is 0 Å². The van der Waals surface area contributed by atoms with E-state index >= 15 is 0 Å². The minimum absolute atomic E-state index is 0.275. The number of halogens is 1. The third-order valence-electron chi connectivity index (χ3n) is 3.15. The van der Waals surface area contributed by atoms with Gasteiger partial charge in [0.25, 0.3) is 0 Å². The third kappa shape index (κ3) is 4.29. The van der Waals surface area contributed by atoms with E-state index in [9.17, 15) is 4.39 Å². The number of rotatable bonds is 7. The van der Waals surface area contributed by atoms with Crippen LogP contribution < -0.4 is 10.2 Å². The third-order valence-corrected chi connectivity index (χ3v) is 3.15. The minimum atomic E-state index is -0.275. The van der Waals surface area contributed by atoms with Crippen LogP contribution in [0.2, 0.25) is 0 Å². The zero-order valence-corrected chi connectivity index (χ0v) is 12.8. The summed E-state index contributed by atoms with van der Waals surface area (Å²) in [5.74, 6) is 1.39. The fraction of sp³-hybridized carbons (Fsp3) is 0.438. The van der Waals surface area contributed by atoms with Crippen LogP contribution in [0.1, 0.15) is 25.2 Å². The van der Waals surface area contributed by atoms with E-state index in [0.717, 1.165) is 12.3 Å². The van der Waals surface area contributed by atoms with E-state index in [2.05, 4.69) is 24.1 Å². The first-order chi connectivity index (χ1) is 10.1. The molecular weight excluding hydrogens is 269 g/mol. The van der Waals surface area contributed by atoms with Gasteiger partial charge >= 0.3 is 0 Å². The maximum absolute atomic E-state index is 14.5. The van der Waals surface area contributed by atoms with Gasteiger partial charge in [0.2, 0.25) is 0 Å². The van der Waals surface area contributed by atoms with Crippen LogP contribution in [0.15, 0.2) is 35.1 Å². The predicted octanol–water partition coefficient (Wildman–Crippen LogP) is 3.20. The molecule has 21 heavy (non-hydrogen) atoms. The van der Waals surface area contributed by atoms with Crippen molar-refractivity contribution in [2.75, 3.05) is 18.5 Å². The van der Waals surface area contributed by atoms with E-state index < -0.39 is 0 Å². The smallest absolute Gasteiger partial charge is 0.170 e. The number of hydrogen-bond donors (Lipinski definition) is 1. The number of hydrogen-bond acceptors (Lipinski definition) is 4. The van der Waals surface area contributed by atoms with Crippen molar-refractivity contribution >= 4 is 5.82 Å². The molecule has 114 valence electrons. The van der Waals surface area contributed by atoms with E-state index in [4.69, 9.17) is 4.42 Å². The molecule has 2 aromatic rings. The fourth-order valence-corrected chi connectivity index (χ4v) is 2.08. The molecule has 4 nitrogen and oxygen atoms in total. The lowest BCUT2D eigenvalue weighted by Crippen LogP contribution is -2.22. The summed E-state index contributed by atoms with van der Waals surface area (Å²) in [5, 5.41) is 3.25. The maximum atomic E-state index is 14.5. The first-order valence-electron chi connectivity index (χ1n) is 7.15. The van der Waals surface area contributed by atoms with Crippen molar-refractivity contribution in [1.82, 2.24) is 10.3 Å². The van der Waals surface area contributed by atoms with Crippen molar-refractivity contribution in [2.45, 2.75) is 26.9 Å². The summed E-state index contributed by atoms with van der Waals surface area (Å²) in [4.78, 5) is 5.89. The van der Waals surface area contributed by atoms with Crippen LogP contribution in [0.4, 0.5) is 10.2 Å². The molecule has 2 heterocycles. The average Bonchev–Trinajstić information content (AvgIpc) is 2.93. The zero-order chi connectivity index (χ0) is 15.2. The maximum Gasteiger partial charge on any atom is 0.170 e. The van der Waals surface area contributed by atoms with Crippen molar-refractivity contribution < 1.29 is 8.81 Å². The molecule has 0 aromatic carbocycles. The van der Waals surface area contributed by atoms with E-state index in [1.807, 2.05) is 12.1 Å². The van der Waals surface area contributed by atoms with E-state index in [-0.39, 0.29) is 5.82 Å². The van der Waals surface area contributed by atoms with Gasteiger partial charge in [-0.1, -0.05) is 13.8 Å². The monoisotopic (exact) mass is 291 g/mol. The van der Waals surface area contributed by atoms with Gasteiger partial charge in [-0.15, -0.1) is 0 Å². The Kier molecular flexibility index (Phi) is 5.33. The molecule has 0 amide bonds. The van der Waals surface area contributed by atoms with E-state index in [1.54, 1.807) is 30.5 Å². The lowest BCUT2D eigenvalue weighted by atomic mass is 10.2. The normalized spacial score (nSPS) is 11.1. The molecule has 0 saturated carbocycles.